The molecule has 1 amide bonds. The van der Waals surface area contributed by atoms with Gasteiger partial charge in [-0.25, -0.2) is 14.6 Å². The number of nitrogens with two attached hydrogens (primary N) is 1. The maximum Gasteiger partial charge on any atom is 0.243 e. The van der Waals surface area contributed by atoms with Gasteiger partial charge in [-0.2, -0.15) is 5.10 Å². The highest BCUT2D eigenvalue weighted by Gasteiger charge is 2.22. The third-order valence-electron chi connectivity index (χ3n) is 5.93. The number of ether oxygens (including phenoxy) is 3. The molecule has 11 nitrogen and oxygen atoms in total. The van der Waals surface area contributed by atoms with Crippen molar-refractivity contribution in [3.8, 4) is 34.2 Å². The fourth-order valence-electron chi connectivity index (χ4n) is 4.05. The molecule has 0 saturated heterocycles. The number of amides is 1. The first-order valence-electron chi connectivity index (χ1n) is 12.1. The Morgan fingerprint density at radius 3 is 2.38 bits per heavy atom. The van der Waals surface area contributed by atoms with Crippen molar-refractivity contribution >= 4 is 28.2 Å². The van der Waals surface area contributed by atoms with Crippen LogP contribution in [0, 0.1) is 5.92 Å². The van der Waals surface area contributed by atoms with Crippen LogP contribution < -0.4 is 25.3 Å². The van der Waals surface area contributed by atoms with Crippen molar-refractivity contribution in [3.05, 3.63) is 59.5 Å². The van der Waals surface area contributed by atoms with Crippen LogP contribution in [-0.4, -0.2) is 58.8 Å². The molecule has 2 aromatic heterocycles. The van der Waals surface area contributed by atoms with Crippen molar-refractivity contribution in [3.63, 3.8) is 0 Å². The molecule has 0 aliphatic carbocycles. The SMILES string of the molecule is COc1cc(C(=O)c2ccc(-c3csc(NC(=O)[C@@H](N)CC(C)C)n3)cc2-n2cncn2)cc(OC)c1OC. The van der Waals surface area contributed by atoms with E-state index in [9.17, 15) is 9.59 Å². The van der Waals surface area contributed by atoms with Crippen LogP contribution in [0.1, 0.15) is 36.2 Å². The molecule has 0 aliphatic heterocycles. The monoisotopic (exact) mass is 550 g/mol. The minimum Gasteiger partial charge on any atom is -0.493 e. The third-order valence-corrected chi connectivity index (χ3v) is 6.68. The Morgan fingerprint density at radius 2 is 1.79 bits per heavy atom. The summed E-state index contributed by atoms with van der Waals surface area (Å²) in [4.78, 5) is 34.8. The van der Waals surface area contributed by atoms with Crippen LogP contribution in [0.2, 0.25) is 0 Å². The molecule has 4 rings (SSSR count). The second kappa shape index (κ2) is 12.0. The van der Waals surface area contributed by atoms with Crippen LogP contribution in [0.4, 0.5) is 5.13 Å². The molecule has 39 heavy (non-hydrogen) atoms. The Kier molecular flexibility index (Phi) is 8.57. The van der Waals surface area contributed by atoms with E-state index < -0.39 is 6.04 Å². The molecule has 12 heteroatoms. The lowest BCUT2D eigenvalue weighted by molar-refractivity contribution is -0.117. The molecular weight excluding hydrogens is 520 g/mol. The lowest BCUT2D eigenvalue weighted by Crippen LogP contribution is -2.36. The van der Waals surface area contributed by atoms with Crippen LogP contribution in [0.5, 0.6) is 17.2 Å². The average molecular weight is 551 g/mol. The quantitative estimate of drug-likeness (QED) is 0.265. The van der Waals surface area contributed by atoms with Gasteiger partial charge in [0.15, 0.2) is 22.4 Å². The van der Waals surface area contributed by atoms with Crippen LogP contribution >= 0.6 is 11.3 Å². The van der Waals surface area contributed by atoms with Gasteiger partial charge in [-0.15, -0.1) is 11.3 Å². The van der Waals surface area contributed by atoms with Gasteiger partial charge in [0, 0.05) is 22.1 Å². The van der Waals surface area contributed by atoms with Crippen LogP contribution in [0.25, 0.3) is 16.9 Å². The van der Waals surface area contributed by atoms with E-state index in [1.807, 2.05) is 19.2 Å². The van der Waals surface area contributed by atoms with Gasteiger partial charge in [-0.3, -0.25) is 9.59 Å². The number of carbonyl (C=O) groups is 2. The maximum absolute atomic E-state index is 13.7. The molecule has 0 fully saturated rings. The molecule has 2 aromatic carbocycles. The Labute approximate surface area is 229 Å². The lowest BCUT2D eigenvalue weighted by Gasteiger charge is -2.15. The largest absolute Gasteiger partial charge is 0.493 e. The molecule has 2 heterocycles. The zero-order valence-corrected chi connectivity index (χ0v) is 23.1. The van der Waals surface area contributed by atoms with E-state index in [4.69, 9.17) is 19.9 Å². The van der Waals surface area contributed by atoms with Gasteiger partial charge in [0.25, 0.3) is 0 Å². The first-order chi connectivity index (χ1) is 18.7. The van der Waals surface area contributed by atoms with Crippen molar-refractivity contribution in [2.45, 2.75) is 26.3 Å². The number of hydrogen-bond acceptors (Lipinski definition) is 10. The summed E-state index contributed by atoms with van der Waals surface area (Å²) in [5.74, 6) is 0.860. The molecule has 1 atom stereocenters. The minimum atomic E-state index is -0.614. The molecule has 0 radical (unpaired) electrons. The van der Waals surface area contributed by atoms with Gasteiger partial charge in [-0.05, 0) is 36.6 Å². The summed E-state index contributed by atoms with van der Waals surface area (Å²) in [7, 11) is 4.48. The predicted octanol–water partition coefficient (Wildman–Crippen LogP) is 3.96. The number of carbonyl (C=O) groups excluding carboxylic acids is 2. The van der Waals surface area contributed by atoms with Gasteiger partial charge in [0.05, 0.1) is 38.8 Å². The molecule has 0 spiro atoms. The Bertz CT molecular complexity index is 1440. The highest BCUT2D eigenvalue weighted by Crippen LogP contribution is 2.39. The van der Waals surface area contributed by atoms with E-state index in [1.165, 1.54) is 50.0 Å². The van der Waals surface area contributed by atoms with E-state index >= 15 is 0 Å². The van der Waals surface area contributed by atoms with Crippen molar-refractivity contribution in [2.24, 2.45) is 11.7 Å². The number of nitrogens with one attached hydrogen (secondary N) is 1. The number of benzene rings is 2. The predicted molar refractivity (Wildman–Crippen MR) is 148 cm³/mol. The number of hydrogen-bond donors (Lipinski definition) is 2. The van der Waals surface area contributed by atoms with Gasteiger partial charge in [0.1, 0.15) is 12.7 Å². The second-order valence-corrected chi connectivity index (χ2v) is 9.94. The van der Waals surface area contributed by atoms with Crippen molar-refractivity contribution in [2.75, 3.05) is 26.6 Å². The summed E-state index contributed by atoms with van der Waals surface area (Å²) in [6.45, 7) is 4.02. The number of ketones is 1. The normalized spacial score (nSPS) is 11.8. The molecule has 0 aliphatic rings. The molecule has 204 valence electrons. The van der Waals surface area contributed by atoms with Crippen molar-refractivity contribution in [1.82, 2.24) is 19.7 Å². The smallest absolute Gasteiger partial charge is 0.243 e. The number of rotatable bonds is 11. The van der Waals surface area contributed by atoms with E-state index in [0.29, 0.717) is 57.2 Å². The molecule has 0 bridgehead atoms. The van der Waals surface area contributed by atoms with Gasteiger partial charge in [0.2, 0.25) is 11.7 Å². The van der Waals surface area contributed by atoms with Crippen molar-refractivity contribution < 1.29 is 23.8 Å². The van der Waals surface area contributed by atoms with Crippen molar-refractivity contribution in [1.29, 1.82) is 0 Å². The molecular formula is C27H30N6O5S. The Hall–Kier alpha value is -4.29. The number of nitrogens with zero attached hydrogens (tertiary/aromatic N) is 4. The number of thiazole rings is 1. The topological polar surface area (TPSA) is 143 Å². The van der Waals surface area contributed by atoms with Gasteiger partial charge < -0.3 is 25.3 Å². The van der Waals surface area contributed by atoms with Crippen LogP contribution in [0.15, 0.2) is 48.4 Å². The second-order valence-electron chi connectivity index (χ2n) is 9.08. The standard InChI is InChI=1S/C27H30N6O5S/c1-15(2)8-19(28)26(35)32-27-31-20(12-39-27)16-6-7-18(21(9-16)33-14-29-13-30-33)24(34)17-10-22(36-3)25(38-5)23(11-17)37-4/h6-7,9-15,19H,8,28H2,1-5H3,(H,31,32,35)/t19-/m0/s1. The molecule has 4 aromatic rings. The lowest BCUT2D eigenvalue weighted by atomic mass is 9.98. The Morgan fingerprint density at radius 1 is 1.08 bits per heavy atom. The zero-order chi connectivity index (χ0) is 28.1. The van der Waals surface area contributed by atoms with E-state index in [-0.39, 0.29) is 11.7 Å². The van der Waals surface area contributed by atoms with E-state index in [2.05, 4.69) is 20.4 Å². The first kappa shape index (κ1) is 27.7. The summed E-state index contributed by atoms with van der Waals surface area (Å²) >= 11 is 1.29. The molecule has 0 saturated carbocycles. The van der Waals surface area contributed by atoms with E-state index in [0.717, 1.165) is 5.56 Å². The third kappa shape index (κ3) is 6.07. The Balaban J connectivity index is 1.69. The number of aromatic nitrogens is 4. The summed E-state index contributed by atoms with van der Waals surface area (Å²) in [6.07, 6.45) is 3.47. The van der Waals surface area contributed by atoms with Gasteiger partial charge in [-0.1, -0.05) is 19.9 Å². The summed E-state index contributed by atoms with van der Waals surface area (Å²) in [5.41, 5.74) is 8.57. The summed E-state index contributed by atoms with van der Waals surface area (Å²) in [5, 5.41) is 9.29. The molecule has 0 unspecified atom stereocenters. The van der Waals surface area contributed by atoms with Crippen LogP contribution in [0.3, 0.4) is 0 Å². The maximum atomic E-state index is 13.7. The minimum absolute atomic E-state index is 0.279. The summed E-state index contributed by atoms with van der Waals surface area (Å²) < 4.78 is 17.7. The highest BCUT2D eigenvalue weighted by atomic mass is 32.1. The van der Waals surface area contributed by atoms with E-state index in [1.54, 1.807) is 30.3 Å². The summed E-state index contributed by atoms with van der Waals surface area (Å²) in [6, 6.07) is 7.87. The highest BCUT2D eigenvalue weighted by molar-refractivity contribution is 7.14. The number of methoxy groups -OCH3 is 3. The number of anilines is 1. The fraction of sp³-hybridized carbons (Fsp3) is 0.296. The average Bonchev–Trinajstić information content (AvgIpc) is 3.64. The first-order valence-corrected chi connectivity index (χ1v) is 13.0. The van der Waals surface area contributed by atoms with Crippen LogP contribution in [-0.2, 0) is 4.79 Å². The molecule has 3 N–H and O–H groups in total. The van der Waals surface area contributed by atoms with Gasteiger partial charge >= 0.3 is 0 Å². The zero-order valence-electron chi connectivity index (χ0n) is 22.3. The fourth-order valence-corrected chi connectivity index (χ4v) is 4.77.